The van der Waals surface area contributed by atoms with E-state index in [2.05, 4.69) is 22.1 Å². The number of hydrogen-bond donors (Lipinski definition) is 2. The molecule has 0 unspecified atom stereocenters. The fraction of sp³-hybridized carbons (Fsp3) is 0.308. The summed E-state index contributed by atoms with van der Waals surface area (Å²) in [6.45, 7) is 2.74. The van der Waals surface area contributed by atoms with Crippen LogP contribution >= 0.6 is 22.7 Å². The minimum Gasteiger partial charge on any atom is -0.338 e. The third-order valence-corrected chi connectivity index (χ3v) is 4.15. The van der Waals surface area contributed by atoms with Gasteiger partial charge < -0.3 is 10.6 Å². The van der Waals surface area contributed by atoms with Crippen molar-refractivity contribution < 1.29 is 4.79 Å². The van der Waals surface area contributed by atoms with Crippen LogP contribution in [0.25, 0.3) is 0 Å². The predicted octanol–water partition coefficient (Wildman–Crippen LogP) is 3.61. The Morgan fingerprint density at radius 3 is 2.89 bits per heavy atom. The van der Waals surface area contributed by atoms with Crippen molar-refractivity contribution in [1.82, 2.24) is 10.6 Å². The molecule has 1 atom stereocenters. The van der Waals surface area contributed by atoms with Gasteiger partial charge >= 0.3 is 6.03 Å². The topological polar surface area (TPSA) is 41.1 Å². The first-order valence-corrected chi connectivity index (χ1v) is 7.73. The largest absolute Gasteiger partial charge is 0.338 e. The molecule has 2 rings (SSSR count). The van der Waals surface area contributed by atoms with Crippen LogP contribution in [0.15, 0.2) is 34.3 Å². The summed E-state index contributed by atoms with van der Waals surface area (Å²) in [6, 6.07) is 5.95. The number of carbonyl (C=O) groups excluding carboxylic acids is 1. The Morgan fingerprint density at radius 1 is 1.39 bits per heavy atom. The Morgan fingerprint density at radius 2 is 2.28 bits per heavy atom. The lowest BCUT2D eigenvalue weighted by Gasteiger charge is -2.17. The van der Waals surface area contributed by atoms with Crippen LogP contribution in [-0.2, 0) is 0 Å². The molecular weight excluding hydrogens is 264 g/mol. The fourth-order valence-electron chi connectivity index (χ4n) is 1.63. The number of nitrogens with one attached hydrogen (secondary N) is 2. The Hall–Kier alpha value is -1.33. The summed E-state index contributed by atoms with van der Waals surface area (Å²) >= 11 is 3.30. The van der Waals surface area contributed by atoms with E-state index in [4.69, 9.17) is 0 Å². The zero-order chi connectivity index (χ0) is 12.8. The van der Waals surface area contributed by atoms with Gasteiger partial charge in [0.2, 0.25) is 0 Å². The Bertz CT molecular complexity index is 431. The monoisotopic (exact) mass is 280 g/mol. The maximum Gasteiger partial charge on any atom is 0.315 e. The lowest BCUT2D eigenvalue weighted by Crippen LogP contribution is -2.38. The van der Waals surface area contributed by atoms with Gasteiger partial charge in [0, 0.05) is 11.4 Å². The first kappa shape index (κ1) is 13.1. The maximum absolute atomic E-state index is 11.8. The molecule has 2 aromatic heterocycles. The van der Waals surface area contributed by atoms with Crippen LogP contribution in [0.4, 0.5) is 4.79 Å². The van der Waals surface area contributed by atoms with E-state index < -0.39 is 0 Å². The first-order valence-electron chi connectivity index (χ1n) is 5.91. The van der Waals surface area contributed by atoms with Crippen molar-refractivity contribution in [3.8, 4) is 0 Å². The van der Waals surface area contributed by atoms with E-state index in [1.807, 2.05) is 29.8 Å². The number of amides is 2. The molecule has 18 heavy (non-hydrogen) atoms. The van der Waals surface area contributed by atoms with Crippen LogP contribution in [-0.4, -0.2) is 12.6 Å². The average molecular weight is 280 g/mol. The highest BCUT2D eigenvalue weighted by Gasteiger charge is 2.17. The highest BCUT2D eigenvalue weighted by atomic mass is 32.1. The zero-order valence-electron chi connectivity index (χ0n) is 10.2. The second kappa shape index (κ2) is 6.56. The van der Waals surface area contributed by atoms with E-state index in [1.165, 1.54) is 0 Å². The summed E-state index contributed by atoms with van der Waals surface area (Å²) in [5.41, 5.74) is 1.13. The Kier molecular flexibility index (Phi) is 4.78. The smallest absolute Gasteiger partial charge is 0.315 e. The first-order chi connectivity index (χ1) is 8.81. The van der Waals surface area contributed by atoms with E-state index in [0.717, 1.165) is 16.9 Å². The van der Waals surface area contributed by atoms with Gasteiger partial charge in [0.1, 0.15) is 0 Å². The second-order valence-electron chi connectivity index (χ2n) is 3.91. The van der Waals surface area contributed by atoms with Crippen LogP contribution in [0.5, 0.6) is 0 Å². The van der Waals surface area contributed by atoms with Crippen LogP contribution in [0.1, 0.15) is 29.8 Å². The lowest BCUT2D eigenvalue weighted by molar-refractivity contribution is 0.239. The molecule has 0 fully saturated rings. The van der Waals surface area contributed by atoms with Gasteiger partial charge in [-0.15, -0.1) is 11.3 Å². The van der Waals surface area contributed by atoms with E-state index in [0.29, 0.717) is 6.54 Å². The Labute approximate surface area is 115 Å². The third kappa shape index (κ3) is 3.34. The van der Waals surface area contributed by atoms with E-state index >= 15 is 0 Å². The number of rotatable bonds is 5. The third-order valence-electron chi connectivity index (χ3n) is 2.52. The van der Waals surface area contributed by atoms with Crippen molar-refractivity contribution in [2.45, 2.75) is 19.4 Å². The molecule has 0 spiro atoms. The molecule has 0 saturated carbocycles. The maximum atomic E-state index is 11.8. The van der Waals surface area contributed by atoms with Crippen LogP contribution < -0.4 is 10.6 Å². The van der Waals surface area contributed by atoms with Crippen LogP contribution in [0, 0.1) is 0 Å². The van der Waals surface area contributed by atoms with Gasteiger partial charge in [0.25, 0.3) is 0 Å². The molecule has 5 heteroatoms. The van der Waals surface area contributed by atoms with Gasteiger partial charge in [0.05, 0.1) is 6.04 Å². The zero-order valence-corrected chi connectivity index (χ0v) is 11.8. The standard InChI is InChI=1S/C13H16N2OS2/c1-2-6-14-13(16)15-12(10-5-8-17-9-10)11-4-3-7-18-11/h3-5,7-9,12H,2,6H2,1H3,(H2,14,15,16)/t12-/m0/s1. The lowest BCUT2D eigenvalue weighted by atomic mass is 10.1. The summed E-state index contributed by atoms with van der Waals surface area (Å²) in [5, 5.41) is 12.0. The molecule has 0 aliphatic rings. The summed E-state index contributed by atoms with van der Waals surface area (Å²) in [4.78, 5) is 12.9. The molecule has 2 aromatic rings. The minimum atomic E-state index is -0.110. The second-order valence-corrected chi connectivity index (χ2v) is 5.66. The molecule has 96 valence electrons. The van der Waals surface area contributed by atoms with E-state index in [1.54, 1.807) is 22.7 Å². The normalized spacial score (nSPS) is 12.1. The number of hydrogen-bond acceptors (Lipinski definition) is 3. The van der Waals surface area contributed by atoms with Gasteiger partial charge in [-0.2, -0.15) is 11.3 Å². The molecule has 2 heterocycles. The number of urea groups is 1. The van der Waals surface area contributed by atoms with Gasteiger partial charge in [0.15, 0.2) is 0 Å². The molecule has 0 aromatic carbocycles. The molecule has 2 N–H and O–H groups in total. The molecule has 3 nitrogen and oxygen atoms in total. The fourth-order valence-corrected chi connectivity index (χ4v) is 3.12. The number of thiophene rings is 2. The number of carbonyl (C=O) groups is 1. The van der Waals surface area contributed by atoms with Gasteiger partial charge in [-0.25, -0.2) is 4.79 Å². The van der Waals surface area contributed by atoms with Gasteiger partial charge in [-0.05, 0) is 40.3 Å². The molecule has 0 aliphatic heterocycles. The molecule has 0 aliphatic carbocycles. The van der Waals surface area contributed by atoms with E-state index in [9.17, 15) is 4.79 Å². The minimum absolute atomic E-state index is 0.0480. The highest BCUT2D eigenvalue weighted by Crippen LogP contribution is 2.27. The van der Waals surface area contributed by atoms with Crippen molar-refractivity contribution >= 4 is 28.7 Å². The summed E-state index contributed by atoms with van der Waals surface area (Å²) in [7, 11) is 0. The summed E-state index contributed by atoms with van der Waals surface area (Å²) in [5.74, 6) is 0. The molecule has 0 bridgehead atoms. The highest BCUT2D eigenvalue weighted by molar-refractivity contribution is 7.10. The van der Waals surface area contributed by atoms with Gasteiger partial charge in [-0.3, -0.25) is 0 Å². The Balaban J connectivity index is 2.09. The predicted molar refractivity (Wildman–Crippen MR) is 77.3 cm³/mol. The average Bonchev–Trinajstić information content (AvgIpc) is 3.05. The van der Waals surface area contributed by atoms with Crippen molar-refractivity contribution in [1.29, 1.82) is 0 Å². The molecule has 2 amide bonds. The SMILES string of the molecule is CCCNC(=O)N[C@@H](c1ccsc1)c1cccs1. The van der Waals surface area contributed by atoms with E-state index in [-0.39, 0.29) is 12.1 Å². The van der Waals surface area contributed by atoms with Crippen molar-refractivity contribution in [3.05, 3.63) is 44.8 Å². The van der Waals surface area contributed by atoms with Crippen molar-refractivity contribution in [2.75, 3.05) is 6.54 Å². The summed E-state index contributed by atoms with van der Waals surface area (Å²) < 4.78 is 0. The van der Waals surface area contributed by atoms with Crippen molar-refractivity contribution in [2.24, 2.45) is 0 Å². The van der Waals surface area contributed by atoms with Crippen LogP contribution in [0.3, 0.4) is 0 Å². The molecular formula is C13H16N2OS2. The van der Waals surface area contributed by atoms with Crippen molar-refractivity contribution in [3.63, 3.8) is 0 Å². The molecule has 0 saturated heterocycles. The quantitative estimate of drug-likeness (QED) is 0.863. The van der Waals surface area contributed by atoms with Crippen LogP contribution in [0.2, 0.25) is 0 Å². The van der Waals surface area contributed by atoms with Gasteiger partial charge in [-0.1, -0.05) is 13.0 Å². The molecule has 0 radical (unpaired) electrons. The summed E-state index contributed by atoms with van der Waals surface area (Å²) in [6.07, 6.45) is 0.940.